The zero-order valence-corrected chi connectivity index (χ0v) is 23.0. The van der Waals surface area contributed by atoms with Crippen molar-refractivity contribution in [1.82, 2.24) is 4.90 Å². The summed E-state index contributed by atoms with van der Waals surface area (Å²) in [6.07, 6.45) is 2.59. The predicted molar refractivity (Wildman–Crippen MR) is 155 cm³/mol. The van der Waals surface area contributed by atoms with Gasteiger partial charge in [-0.05, 0) is 90.8 Å². The average Bonchev–Trinajstić information content (AvgIpc) is 3.26. The number of hydrogen-bond donors (Lipinski definition) is 1. The molecular weight excluding hydrogens is 495 g/mol. The van der Waals surface area contributed by atoms with Crippen molar-refractivity contribution >= 4 is 28.8 Å². The molecule has 3 aromatic rings. The van der Waals surface area contributed by atoms with Crippen LogP contribution in [0.1, 0.15) is 57.4 Å². The van der Waals surface area contributed by atoms with Gasteiger partial charge < -0.3 is 10.5 Å². The third-order valence-corrected chi connectivity index (χ3v) is 8.49. The van der Waals surface area contributed by atoms with Crippen LogP contribution in [-0.2, 0) is 0 Å². The van der Waals surface area contributed by atoms with Crippen molar-refractivity contribution in [1.29, 1.82) is 0 Å². The van der Waals surface area contributed by atoms with Crippen LogP contribution in [0.25, 0.3) is 11.1 Å². The van der Waals surface area contributed by atoms with Gasteiger partial charge in [-0.25, -0.2) is 0 Å². The number of rotatable bonds is 8. The second-order valence-corrected chi connectivity index (χ2v) is 11.4. The van der Waals surface area contributed by atoms with E-state index in [9.17, 15) is 9.18 Å². The van der Waals surface area contributed by atoms with Crippen molar-refractivity contribution in [2.45, 2.75) is 44.1 Å². The second-order valence-electron chi connectivity index (χ2n) is 10.2. The molecule has 1 saturated heterocycles. The molecule has 38 heavy (non-hydrogen) atoms. The maximum atomic E-state index is 12.5. The van der Waals surface area contributed by atoms with Gasteiger partial charge in [-0.2, -0.15) is 0 Å². The Kier molecular flexibility index (Phi) is 8.20. The van der Waals surface area contributed by atoms with E-state index < -0.39 is 5.91 Å². The van der Waals surface area contributed by atoms with Crippen LogP contribution >= 0.6 is 11.8 Å². The van der Waals surface area contributed by atoms with Gasteiger partial charge in [-0.15, -0.1) is 11.8 Å². The number of primary amides is 1. The van der Waals surface area contributed by atoms with Crippen LogP contribution in [0.3, 0.4) is 0 Å². The van der Waals surface area contributed by atoms with Gasteiger partial charge >= 0.3 is 0 Å². The lowest BCUT2D eigenvalue weighted by molar-refractivity contribution is 0.1000. The first-order valence-corrected chi connectivity index (χ1v) is 14.3. The van der Waals surface area contributed by atoms with Gasteiger partial charge in [0, 0.05) is 35.8 Å². The smallest absolute Gasteiger partial charge is 0.248 e. The Labute approximate surface area is 229 Å². The van der Waals surface area contributed by atoms with Gasteiger partial charge in [-0.3, -0.25) is 14.1 Å². The molecule has 198 valence electrons. The first-order chi connectivity index (χ1) is 18.4. The molecule has 1 unspecified atom stereocenters. The molecule has 4 nitrogen and oxygen atoms in total. The van der Waals surface area contributed by atoms with Crippen molar-refractivity contribution in [2.75, 3.05) is 32.1 Å². The molecule has 2 N–H and O–H groups in total. The summed E-state index contributed by atoms with van der Waals surface area (Å²) >= 11 is 1.77. The molecule has 1 fully saturated rings. The lowest BCUT2D eigenvalue weighted by atomic mass is 9.86. The first-order valence-electron chi connectivity index (χ1n) is 13.4. The number of benzene rings is 3. The van der Waals surface area contributed by atoms with E-state index in [-0.39, 0.29) is 12.8 Å². The number of hydrogen-bond acceptors (Lipinski definition) is 4. The van der Waals surface area contributed by atoms with Gasteiger partial charge in [0.1, 0.15) is 11.9 Å². The molecule has 1 atom stereocenters. The molecule has 1 amide bonds. The topological polar surface area (TPSA) is 55.6 Å². The van der Waals surface area contributed by atoms with E-state index in [0.29, 0.717) is 12.0 Å². The van der Waals surface area contributed by atoms with E-state index in [1.807, 2.05) is 18.2 Å². The summed E-state index contributed by atoms with van der Waals surface area (Å²) in [6, 6.07) is 20.9. The number of alkyl halides is 1. The van der Waals surface area contributed by atoms with Crippen molar-refractivity contribution in [2.24, 2.45) is 5.73 Å². The van der Waals surface area contributed by atoms with Gasteiger partial charge in [0.05, 0.1) is 6.67 Å². The number of carbonyl (C=O) groups excluding carboxylic acids is 1. The summed E-state index contributed by atoms with van der Waals surface area (Å²) in [5.41, 5.74) is 14.7. The van der Waals surface area contributed by atoms with E-state index >= 15 is 0 Å². The molecule has 2 aliphatic heterocycles. The molecule has 0 bridgehead atoms. The summed E-state index contributed by atoms with van der Waals surface area (Å²) in [6.45, 7) is 6.62. The van der Waals surface area contributed by atoms with E-state index in [1.54, 1.807) is 11.8 Å². The number of fused-ring (bicyclic) bond motifs is 1. The average molecular weight is 531 g/mol. The zero-order valence-electron chi connectivity index (χ0n) is 22.1. The fourth-order valence-corrected chi connectivity index (χ4v) is 6.64. The maximum Gasteiger partial charge on any atom is 0.248 e. The molecule has 3 aromatic carbocycles. The SMILES string of the molecule is Cc1ccc(C2=C(c3ccc(OC4CCN(CCCF)C4)cc3)c3ccc(C(N)=O)cc3SCC2)c(C)c1. The first kappa shape index (κ1) is 26.5. The molecule has 0 aliphatic carbocycles. The lowest BCUT2D eigenvalue weighted by Crippen LogP contribution is -2.26. The fraction of sp³-hybridized carbons (Fsp3) is 0.344. The number of nitrogens with zero attached hydrogens (tertiary/aromatic N) is 1. The Morgan fingerprint density at radius 2 is 1.87 bits per heavy atom. The molecule has 2 aliphatic rings. The zero-order chi connectivity index (χ0) is 26.6. The number of aryl methyl sites for hydroxylation is 2. The molecule has 0 saturated carbocycles. The number of ether oxygens (including phenoxy) is 1. The Balaban J connectivity index is 1.51. The van der Waals surface area contributed by atoms with E-state index in [0.717, 1.165) is 60.0 Å². The van der Waals surface area contributed by atoms with Crippen LogP contribution in [0.2, 0.25) is 0 Å². The summed E-state index contributed by atoms with van der Waals surface area (Å²) in [5.74, 6) is 1.37. The fourth-order valence-electron chi connectivity index (χ4n) is 5.58. The Morgan fingerprint density at radius 1 is 1.08 bits per heavy atom. The number of likely N-dealkylation sites (tertiary alicyclic amines) is 1. The van der Waals surface area contributed by atoms with Crippen LogP contribution in [0.5, 0.6) is 5.75 Å². The van der Waals surface area contributed by atoms with Crippen molar-refractivity contribution in [3.05, 3.63) is 94.0 Å². The molecule has 0 aromatic heterocycles. The second kappa shape index (κ2) is 11.7. The summed E-state index contributed by atoms with van der Waals surface area (Å²) < 4.78 is 18.8. The van der Waals surface area contributed by atoms with Gasteiger partial charge in [0.15, 0.2) is 0 Å². The van der Waals surface area contributed by atoms with Gasteiger partial charge in [0.25, 0.3) is 0 Å². The molecule has 2 heterocycles. The van der Waals surface area contributed by atoms with Crippen LogP contribution in [0.4, 0.5) is 4.39 Å². The Hall–Kier alpha value is -3.09. The predicted octanol–water partition coefficient (Wildman–Crippen LogP) is 6.67. The van der Waals surface area contributed by atoms with E-state index in [1.165, 1.54) is 27.8 Å². The van der Waals surface area contributed by atoms with Crippen molar-refractivity contribution in [3.63, 3.8) is 0 Å². The summed E-state index contributed by atoms with van der Waals surface area (Å²) in [5, 5.41) is 0. The van der Waals surface area contributed by atoms with Crippen LogP contribution in [0.15, 0.2) is 65.6 Å². The third-order valence-electron chi connectivity index (χ3n) is 7.44. The van der Waals surface area contributed by atoms with Crippen molar-refractivity contribution in [3.8, 4) is 5.75 Å². The van der Waals surface area contributed by atoms with E-state index in [2.05, 4.69) is 61.2 Å². The van der Waals surface area contributed by atoms with Crippen LogP contribution in [0, 0.1) is 13.8 Å². The number of carbonyl (C=O) groups is 1. The van der Waals surface area contributed by atoms with Crippen LogP contribution < -0.4 is 10.5 Å². The number of amides is 1. The maximum absolute atomic E-state index is 12.5. The van der Waals surface area contributed by atoms with Crippen LogP contribution in [-0.4, -0.2) is 49.0 Å². The highest BCUT2D eigenvalue weighted by atomic mass is 32.2. The minimum Gasteiger partial charge on any atom is -0.489 e. The van der Waals surface area contributed by atoms with Gasteiger partial charge in [-0.1, -0.05) is 42.0 Å². The number of allylic oxidation sites excluding steroid dienone is 1. The molecule has 5 rings (SSSR count). The Morgan fingerprint density at radius 3 is 2.61 bits per heavy atom. The monoisotopic (exact) mass is 530 g/mol. The largest absolute Gasteiger partial charge is 0.489 e. The number of thioether (sulfide) groups is 1. The molecule has 0 spiro atoms. The lowest BCUT2D eigenvalue weighted by Gasteiger charge is -2.19. The summed E-state index contributed by atoms with van der Waals surface area (Å²) in [4.78, 5) is 15.3. The number of nitrogens with two attached hydrogens (primary N) is 1. The van der Waals surface area contributed by atoms with E-state index in [4.69, 9.17) is 10.5 Å². The summed E-state index contributed by atoms with van der Waals surface area (Å²) in [7, 11) is 0. The molecule has 0 radical (unpaired) electrons. The van der Waals surface area contributed by atoms with Crippen molar-refractivity contribution < 1.29 is 13.9 Å². The molecule has 6 heteroatoms. The number of halogens is 1. The molecular formula is C32H35FN2O2S. The minimum absolute atomic E-state index is 0.132. The highest BCUT2D eigenvalue weighted by Gasteiger charge is 2.25. The minimum atomic E-state index is -0.408. The van der Waals surface area contributed by atoms with Gasteiger partial charge in [0.2, 0.25) is 5.91 Å². The third kappa shape index (κ3) is 5.82. The standard InChI is InChI=1S/C32H35FN2O2S/c1-21-4-10-27(22(2)18-21)28-13-17-38-30-19-24(32(34)36)7-11-29(30)31(28)23-5-8-25(9-6-23)37-26-12-16-35(20-26)15-3-14-33/h4-11,18-19,26H,3,12-17,20H2,1-2H3,(H2,34,36). The normalized spacial score (nSPS) is 17.8. The highest BCUT2D eigenvalue weighted by molar-refractivity contribution is 7.99. The Bertz CT molecular complexity index is 1350. The quantitative estimate of drug-likeness (QED) is 0.353. The highest BCUT2D eigenvalue weighted by Crippen LogP contribution is 2.44.